The molecule has 63 heavy (non-hydrogen) atoms. The number of fused-ring (bicyclic) bond motifs is 13. The average molecular weight is 822 g/mol. The van der Waals surface area contributed by atoms with Gasteiger partial charge in [0, 0.05) is 60.8 Å². The Morgan fingerprint density at radius 2 is 1.22 bits per heavy atom. The molecule has 5 heteroatoms. The largest absolute Gasteiger partial charge is 0.456 e. The van der Waals surface area contributed by atoms with Crippen LogP contribution in [0.5, 0.6) is 0 Å². The van der Waals surface area contributed by atoms with Gasteiger partial charge in [-0.15, -0.1) is 0 Å². The molecule has 0 spiro atoms. The van der Waals surface area contributed by atoms with Gasteiger partial charge >= 0.3 is 0 Å². The number of nitrogens with one attached hydrogen (secondary N) is 1. The van der Waals surface area contributed by atoms with E-state index in [1.165, 1.54) is 77.0 Å². The zero-order valence-electron chi connectivity index (χ0n) is 38.2. The fraction of sp³-hybridized carbons (Fsp3) is 0.276. The first-order chi connectivity index (χ1) is 29.9. The van der Waals surface area contributed by atoms with E-state index in [9.17, 15) is 0 Å². The van der Waals surface area contributed by atoms with E-state index in [-0.39, 0.29) is 21.7 Å². The molecule has 12 rings (SSSR count). The summed E-state index contributed by atoms with van der Waals surface area (Å²) in [4.78, 5) is 0. The van der Waals surface area contributed by atoms with Gasteiger partial charge in [0.05, 0.1) is 11.2 Å². The second kappa shape index (κ2) is 12.7. The SMILES string of the molecule is CC(C)(C)c1ccc(Nc2cc3oc4cc5c(cc4c3cc2-c2ccc3c4c6c(ccc4n4c3c2[B]c2cc(C(C)(C)C)ccc2-4)oc2ccccc26)C(C)(C)CCC5(C)C)cc1. The summed E-state index contributed by atoms with van der Waals surface area (Å²) in [7, 11) is 2.45. The fourth-order valence-corrected chi connectivity index (χ4v) is 11.0. The van der Waals surface area contributed by atoms with Gasteiger partial charge in [-0.25, -0.2) is 0 Å². The molecule has 311 valence electrons. The molecule has 1 aliphatic heterocycles. The topological polar surface area (TPSA) is 43.2 Å². The highest BCUT2D eigenvalue weighted by molar-refractivity contribution is 6.73. The molecule has 4 heterocycles. The number of aromatic nitrogens is 1. The van der Waals surface area contributed by atoms with Crippen molar-refractivity contribution in [3.8, 4) is 16.8 Å². The number of hydrogen-bond donors (Lipinski definition) is 1. The molecular formula is C58H54BN2O2. The lowest BCUT2D eigenvalue weighted by Crippen LogP contribution is -2.38. The predicted octanol–water partition coefficient (Wildman–Crippen LogP) is 14.9. The van der Waals surface area contributed by atoms with E-state index >= 15 is 0 Å². The first-order valence-electron chi connectivity index (χ1n) is 22.8. The Morgan fingerprint density at radius 3 is 1.97 bits per heavy atom. The zero-order chi connectivity index (χ0) is 43.5. The number of nitrogens with zero attached hydrogens (tertiary/aromatic N) is 1. The number of rotatable bonds is 3. The van der Waals surface area contributed by atoms with Gasteiger partial charge in [-0.2, -0.15) is 0 Å². The average Bonchev–Trinajstić information content (AvgIpc) is 3.91. The molecule has 3 aromatic heterocycles. The second-order valence-corrected chi connectivity index (χ2v) is 22.0. The van der Waals surface area contributed by atoms with Crippen LogP contribution >= 0.6 is 0 Å². The molecule has 7 aromatic carbocycles. The van der Waals surface area contributed by atoms with Crippen LogP contribution in [0.25, 0.3) is 82.5 Å². The van der Waals surface area contributed by atoms with Crippen LogP contribution < -0.4 is 16.2 Å². The maximum Gasteiger partial charge on any atom is 0.197 e. The van der Waals surface area contributed by atoms with E-state index in [0.717, 1.165) is 62.9 Å². The lowest BCUT2D eigenvalue weighted by atomic mass is 9.58. The van der Waals surface area contributed by atoms with Crippen molar-refractivity contribution in [2.75, 3.05) is 5.32 Å². The fourth-order valence-electron chi connectivity index (χ4n) is 11.0. The Bertz CT molecular complexity index is 3580. The van der Waals surface area contributed by atoms with Gasteiger partial charge in [-0.05, 0) is 122 Å². The Hall–Kier alpha value is -6.20. The van der Waals surface area contributed by atoms with Crippen LogP contribution in [0.15, 0.2) is 124 Å². The molecule has 0 bridgehead atoms. The van der Waals surface area contributed by atoms with E-state index in [4.69, 9.17) is 8.83 Å². The third kappa shape index (κ3) is 5.67. The van der Waals surface area contributed by atoms with Crippen molar-refractivity contribution < 1.29 is 8.83 Å². The zero-order valence-corrected chi connectivity index (χ0v) is 38.2. The van der Waals surface area contributed by atoms with Crippen LogP contribution in [-0.2, 0) is 21.7 Å². The van der Waals surface area contributed by atoms with Gasteiger partial charge in [-0.3, -0.25) is 0 Å². The summed E-state index contributed by atoms with van der Waals surface area (Å²) in [5.41, 5.74) is 19.8. The maximum absolute atomic E-state index is 6.91. The molecular weight excluding hydrogens is 767 g/mol. The maximum atomic E-state index is 6.91. The van der Waals surface area contributed by atoms with Crippen molar-refractivity contribution in [3.05, 3.63) is 138 Å². The minimum Gasteiger partial charge on any atom is -0.456 e. The molecule has 0 saturated carbocycles. The number of benzene rings is 7. The molecule has 0 fully saturated rings. The predicted molar refractivity (Wildman–Crippen MR) is 268 cm³/mol. The molecule has 0 amide bonds. The van der Waals surface area contributed by atoms with E-state index < -0.39 is 0 Å². The smallest absolute Gasteiger partial charge is 0.197 e. The monoisotopic (exact) mass is 821 g/mol. The summed E-state index contributed by atoms with van der Waals surface area (Å²) in [6.45, 7) is 23.3. The van der Waals surface area contributed by atoms with Crippen molar-refractivity contribution in [2.45, 2.75) is 104 Å². The molecule has 10 aromatic rings. The minimum absolute atomic E-state index is 0.00537. The summed E-state index contributed by atoms with van der Waals surface area (Å²) in [5.74, 6) is 0. The van der Waals surface area contributed by atoms with E-state index in [0.29, 0.717) is 0 Å². The standard InChI is InChI=1S/C58H54BN2O2/c1-55(2,3)32-15-18-34(19-16-32)60-44-31-50-39(40-29-41-42(30-49(40)63-50)58(9,10)26-25-57(41,7)8)28-38(44)35-20-21-37-51-46(23-24-48-52(51)36-13-11-12-14-47(36)62-48)61-45-22-17-33(56(4,5)6)27-43(45)59-53(35)54(37)61/h11-24,27-31,60H,25-26H2,1-10H3. The lowest BCUT2D eigenvalue weighted by molar-refractivity contribution is 0.332. The van der Waals surface area contributed by atoms with Crippen molar-refractivity contribution in [1.82, 2.24) is 4.57 Å². The van der Waals surface area contributed by atoms with E-state index in [1.54, 1.807) is 0 Å². The van der Waals surface area contributed by atoms with Crippen LogP contribution in [0.4, 0.5) is 11.4 Å². The minimum atomic E-state index is -0.00537. The quantitative estimate of drug-likeness (QED) is 0.181. The van der Waals surface area contributed by atoms with Crippen molar-refractivity contribution in [1.29, 1.82) is 0 Å². The number of furan rings is 2. The summed E-state index contributed by atoms with van der Waals surface area (Å²) in [6, 6.07) is 43.1. The van der Waals surface area contributed by atoms with Crippen LogP contribution in [0.1, 0.15) is 104 Å². The van der Waals surface area contributed by atoms with Gasteiger partial charge in [0.2, 0.25) is 0 Å². The highest BCUT2D eigenvalue weighted by Gasteiger charge is 2.38. The molecule has 0 unspecified atom stereocenters. The van der Waals surface area contributed by atoms with Crippen LogP contribution in [0, 0.1) is 0 Å². The number of hydrogen-bond acceptors (Lipinski definition) is 3. The Labute approximate surface area is 370 Å². The Kier molecular flexibility index (Phi) is 7.77. The molecule has 0 atom stereocenters. The Morgan fingerprint density at radius 1 is 0.556 bits per heavy atom. The molecule has 4 nitrogen and oxygen atoms in total. The second-order valence-electron chi connectivity index (χ2n) is 22.0. The van der Waals surface area contributed by atoms with Crippen LogP contribution in [-0.4, -0.2) is 11.8 Å². The summed E-state index contributed by atoms with van der Waals surface area (Å²) in [5, 5.41) is 11.0. The normalized spacial score (nSPS) is 15.7. The van der Waals surface area contributed by atoms with Gasteiger partial charge in [0.15, 0.2) is 7.28 Å². The van der Waals surface area contributed by atoms with Gasteiger partial charge in [0.1, 0.15) is 22.3 Å². The molecule has 0 saturated heterocycles. The lowest BCUT2D eigenvalue weighted by Gasteiger charge is -2.41. The van der Waals surface area contributed by atoms with Gasteiger partial charge < -0.3 is 18.7 Å². The van der Waals surface area contributed by atoms with Crippen molar-refractivity contribution >= 4 is 95.3 Å². The van der Waals surface area contributed by atoms with Gasteiger partial charge in [-0.1, -0.05) is 129 Å². The third-order valence-corrected chi connectivity index (χ3v) is 14.8. The summed E-state index contributed by atoms with van der Waals surface area (Å²) in [6.07, 6.45) is 2.32. The highest BCUT2D eigenvalue weighted by Crippen LogP contribution is 2.50. The third-order valence-electron chi connectivity index (χ3n) is 14.8. The number of anilines is 2. The summed E-state index contributed by atoms with van der Waals surface area (Å²) >= 11 is 0. The van der Waals surface area contributed by atoms with Crippen LogP contribution in [0.3, 0.4) is 0 Å². The van der Waals surface area contributed by atoms with E-state index in [2.05, 4.69) is 202 Å². The highest BCUT2D eigenvalue weighted by atomic mass is 16.3. The van der Waals surface area contributed by atoms with Crippen molar-refractivity contribution in [2.24, 2.45) is 0 Å². The van der Waals surface area contributed by atoms with E-state index in [1.807, 2.05) is 0 Å². The first kappa shape index (κ1) is 38.5. The molecule has 1 aliphatic carbocycles. The first-order valence-corrected chi connectivity index (χ1v) is 22.8. The number of para-hydroxylation sites is 1. The molecule has 2 aliphatic rings. The Balaban J connectivity index is 1.17. The van der Waals surface area contributed by atoms with Crippen LogP contribution in [0.2, 0.25) is 0 Å². The van der Waals surface area contributed by atoms with Gasteiger partial charge in [0.25, 0.3) is 0 Å². The molecule has 1 N–H and O–H groups in total. The molecule has 1 radical (unpaired) electrons. The van der Waals surface area contributed by atoms with Crippen molar-refractivity contribution in [3.63, 3.8) is 0 Å². The summed E-state index contributed by atoms with van der Waals surface area (Å²) < 4.78 is 15.9.